The average Bonchev–Trinajstić information content (AvgIpc) is 2.47. The van der Waals surface area contributed by atoms with E-state index in [2.05, 4.69) is 10.2 Å². The van der Waals surface area contributed by atoms with E-state index in [9.17, 15) is 8.42 Å². The van der Waals surface area contributed by atoms with Crippen LogP contribution in [0.2, 0.25) is 0 Å². The molecule has 0 aromatic heterocycles. The lowest BCUT2D eigenvalue weighted by atomic mass is 10.1. The molecule has 0 spiro atoms. The van der Waals surface area contributed by atoms with Crippen LogP contribution in [0, 0.1) is 0 Å². The highest BCUT2D eigenvalue weighted by atomic mass is 32.2. The molecule has 1 atom stereocenters. The normalized spacial score (nSPS) is 18.6. The fourth-order valence-electron chi connectivity index (χ4n) is 2.70. The van der Waals surface area contributed by atoms with E-state index in [-0.39, 0.29) is 10.9 Å². The first-order chi connectivity index (χ1) is 9.97. The third-order valence-corrected chi connectivity index (χ3v) is 4.92. The van der Waals surface area contributed by atoms with Crippen LogP contribution in [-0.4, -0.2) is 39.5 Å². The van der Waals surface area contributed by atoms with Gasteiger partial charge in [-0.05, 0) is 50.6 Å². The Labute approximate surface area is 127 Å². The largest absolute Gasteiger partial charge is 0.309 e. The molecule has 1 heterocycles. The van der Waals surface area contributed by atoms with Gasteiger partial charge in [0, 0.05) is 19.1 Å². The Bertz CT molecular complexity index is 554. The summed E-state index contributed by atoms with van der Waals surface area (Å²) in [7, 11) is -3.63. The Morgan fingerprint density at radius 3 is 2.67 bits per heavy atom. The lowest BCUT2D eigenvalue weighted by Crippen LogP contribution is -2.36. The summed E-state index contributed by atoms with van der Waals surface area (Å²) >= 11 is 0. The summed E-state index contributed by atoms with van der Waals surface area (Å²) in [6.45, 7) is 6.37. The van der Waals surface area contributed by atoms with Crippen molar-refractivity contribution >= 4 is 10.0 Å². The summed E-state index contributed by atoms with van der Waals surface area (Å²) in [4.78, 5) is 2.65. The predicted molar refractivity (Wildman–Crippen MR) is 84.5 cm³/mol. The first-order valence-corrected chi connectivity index (χ1v) is 9.10. The van der Waals surface area contributed by atoms with E-state index in [1.807, 2.05) is 13.0 Å². The molecule has 1 aromatic rings. The van der Waals surface area contributed by atoms with Crippen molar-refractivity contribution in [2.24, 2.45) is 5.14 Å². The Morgan fingerprint density at radius 2 is 2.00 bits per heavy atom. The van der Waals surface area contributed by atoms with Gasteiger partial charge in [-0.25, -0.2) is 13.6 Å². The number of hydrogen-bond acceptors (Lipinski definition) is 4. The number of piperidine rings is 1. The van der Waals surface area contributed by atoms with Gasteiger partial charge >= 0.3 is 0 Å². The van der Waals surface area contributed by atoms with Crippen LogP contribution in [0.15, 0.2) is 29.2 Å². The maximum atomic E-state index is 11.4. The van der Waals surface area contributed by atoms with Crippen molar-refractivity contribution in [3.63, 3.8) is 0 Å². The standard InChI is InChI=1S/C15H25N3O2S/c1-13(17-8-11-18-9-3-2-4-10-18)14-6-5-7-15(12-14)21(16,19)20/h5-7,12-13,17H,2-4,8-11H2,1H3,(H2,16,19,20). The highest BCUT2D eigenvalue weighted by Gasteiger charge is 2.13. The number of nitrogens with zero attached hydrogens (tertiary/aromatic N) is 1. The Kier molecular flexibility index (Phi) is 5.75. The first kappa shape index (κ1) is 16.4. The molecule has 1 aliphatic heterocycles. The van der Waals surface area contributed by atoms with Crippen molar-refractivity contribution in [2.75, 3.05) is 26.2 Å². The second-order valence-corrected chi connectivity index (χ2v) is 7.26. The maximum absolute atomic E-state index is 11.4. The van der Waals surface area contributed by atoms with Gasteiger partial charge in [-0.1, -0.05) is 18.6 Å². The summed E-state index contributed by atoms with van der Waals surface area (Å²) in [5, 5.41) is 8.62. The zero-order chi connectivity index (χ0) is 15.3. The van der Waals surface area contributed by atoms with Gasteiger partial charge < -0.3 is 10.2 Å². The molecule has 118 valence electrons. The number of likely N-dealkylation sites (tertiary alicyclic amines) is 1. The van der Waals surface area contributed by atoms with Crippen molar-refractivity contribution in [1.29, 1.82) is 0 Å². The summed E-state index contributed by atoms with van der Waals surface area (Å²) < 4.78 is 22.8. The van der Waals surface area contributed by atoms with Gasteiger partial charge in [0.2, 0.25) is 10.0 Å². The van der Waals surface area contributed by atoms with Crippen LogP contribution in [0.25, 0.3) is 0 Å². The van der Waals surface area contributed by atoms with E-state index in [0.717, 1.165) is 18.7 Å². The van der Waals surface area contributed by atoms with Crippen LogP contribution < -0.4 is 10.5 Å². The summed E-state index contributed by atoms with van der Waals surface area (Å²) in [6.07, 6.45) is 3.94. The lowest BCUT2D eigenvalue weighted by molar-refractivity contribution is 0.227. The minimum atomic E-state index is -3.63. The lowest BCUT2D eigenvalue weighted by Gasteiger charge is -2.27. The van der Waals surface area contributed by atoms with Gasteiger partial charge in [0.25, 0.3) is 0 Å². The van der Waals surface area contributed by atoms with Crippen LogP contribution in [-0.2, 0) is 10.0 Å². The van der Waals surface area contributed by atoms with E-state index < -0.39 is 10.0 Å². The number of nitrogens with one attached hydrogen (secondary N) is 1. The molecule has 6 heteroatoms. The fraction of sp³-hybridized carbons (Fsp3) is 0.600. The Hall–Kier alpha value is -0.950. The van der Waals surface area contributed by atoms with Crippen LogP contribution >= 0.6 is 0 Å². The Balaban J connectivity index is 1.86. The molecule has 1 aromatic carbocycles. The third-order valence-electron chi connectivity index (χ3n) is 4.01. The molecule has 21 heavy (non-hydrogen) atoms. The van der Waals surface area contributed by atoms with Gasteiger partial charge in [0.05, 0.1) is 4.90 Å². The summed E-state index contributed by atoms with van der Waals surface area (Å²) in [5.41, 5.74) is 0.945. The van der Waals surface area contributed by atoms with Crippen molar-refractivity contribution in [3.8, 4) is 0 Å². The van der Waals surface area contributed by atoms with E-state index in [1.54, 1.807) is 12.1 Å². The molecule has 0 aliphatic carbocycles. The quantitative estimate of drug-likeness (QED) is 0.834. The van der Waals surface area contributed by atoms with Gasteiger partial charge in [0.15, 0.2) is 0 Å². The van der Waals surface area contributed by atoms with Crippen molar-refractivity contribution < 1.29 is 8.42 Å². The van der Waals surface area contributed by atoms with Crippen LogP contribution in [0.1, 0.15) is 37.8 Å². The van der Waals surface area contributed by atoms with Crippen LogP contribution in [0.5, 0.6) is 0 Å². The molecule has 1 unspecified atom stereocenters. The monoisotopic (exact) mass is 311 g/mol. The van der Waals surface area contributed by atoms with E-state index >= 15 is 0 Å². The molecule has 0 amide bonds. The molecule has 0 bridgehead atoms. The van der Waals surface area contributed by atoms with Crippen molar-refractivity contribution in [3.05, 3.63) is 29.8 Å². The minimum absolute atomic E-state index is 0.108. The molecule has 1 aliphatic rings. The van der Waals surface area contributed by atoms with E-state index in [4.69, 9.17) is 5.14 Å². The Morgan fingerprint density at radius 1 is 1.29 bits per heavy atom. The van der Waals surface area contributed by atoms with Gasteiger partial charge in [-0.15, -0.1) is 0 Å². The molecule has 1 saturated heterocycles. The van der Waals surface area contributed by atoms with E-state index in [1.165, 1.54) is 38.4 Å². The molecule has 3 N–H and O–H groups in total. The number of primary sulfonamides is 1. The molecule has 2 rings (SSSR count). The minimum Gasteiger partial charge on any atom is -0.309 e. The molecular formula is C15H25N3O2S. The number of hydrogen-bond donors (Lipinski definition) is 2. The van der Waals surface area contributed by atoms with E-state index in [0.29, 0.717) is 0 Å². The fourth-order valence-corrected chi connectivity index (χ4v) is 3.27. The zero-order valence-electron chi connectivity index (χ0n) is 12.6. The van der Waals surface area contributed by atoms with Gasteiger partial charge in [-0.3, -0.25) is 0 Å². The SMILES string of the molecule is CC(NCCN1CCCCC1)c1cccc(S(N)(=O)=O)c1. The van der Waals surface area contributed by atoms with Crippen molar-refractivity contribution in [2.45, 2.75) is 37.1 Å². The average molecular weight is 311 g/mol. The molecule has 0 saturated carbocycles. The number of benzene rings is 1. The van der Waals surface area contributed by atoms with Crippen molar-refractivity contribution in [1.82, 2.24) is 10.2 Å². The molecule has 5 nitrogen and oxygen atoms in total. The maximum Gasteiger partial charge on any atom is 0.238 e. The summed E-state index contributed by atoms with van der Waals surface area (Å²) in [6, 6.07) is 6.94. The third kappa shape index (κ3) is 5.07. The molecule has 0 radical (unpaired) electrons. The number of nitrogens with two attached hydrogens (primary N) is 1. The van der Waals surface area contributed by atoms with Gasteiger partial charge in [0.1, 0.15) is 0 Å². The second kappa shape index (κ2) is 7.35. The summed E-state index contributed by atoms with van der Waals surface area (Å²) in [5.74, 6) is 0. The van der Waals surface area contributed by atoms with Crippen LogP contribution in [0.3, 0.4) is 0 Å². The predicted octanol–water partition coefficient (Wildman–Crippen LogP) is 1.47. The topological polar surface area (TPSA) is 75.4 Å². The number of rotatable bonds is 6. The van der Waals surface area contributed by atoms with Gasteiger partial charge in [-0.2, -0.15) is 0 Å². The number of sulfonamides is 1. The first-order valence-electron chi connectivity index (χ1n) is 7.55. The molecule has 1 fully saturated rings. The van der Waals surface area contributed by atoms with Crippen LogP contribution in [0.4, 0.5) is 0 Å². The zero-order valence-corrected chi connectivity index (χ0v) is 13.4. The molecular weight excluding hydrogens is 286 g/mol. The highest BCUT2D eigenvalue weighted by Crippen LogP contribution is 2.16. The highest BCUT2D eigenvalue weighted by molar-refractivity contribution is 7.89. The second-order valence-electron chi connectivity index (χ2n) is 5.70. The smallest absolute Gasteiger partial charge is 0.238 e.